The molecule has 0 aromatic heterocycles. The van der Waals surface area contributed by atoms with Crippen LogP contribution in [0.5, 0.6) is 0 Å². The van der Waals surface area contributed by atoms with Crippen LogP contribution in [0.2, 0.25) is 0 Å². The lowest BCUT2D eigenvalue weighted by atomic mass is 9.94. The third-order valence-corrected chi connectivity index (χ3v) is 2.60. The number of hydrogen-bond donors (Lipinski definition) is 0. The molecule has 14 heavy (non-hydrogen) atoms. The van der Waals surface area contributed by atoms with Gasteiger partial charge in [-0.25, -0.2) is 0 Å². The van der Waals surface area contributed by atoms with Crippen molar-refractivity contribution in [2.24, 2.45) is 5.92 Å². The van der Waals surface area contributed by atoms with Gasteiger partial charge >= 0.3 is 5.97 Å². The molecule has 0 unspecified atom stereocenters. The summed E-state index contributed by atoms with van der Waals surface area (Å²) in [6, 6.07) is 10.4. The summed E-state index contributed by atoms with van der Waals surface area (Å²) in [5, 5.41) is 0. The third-order valence-electron chi connectivity index (χ3n) is 2.60. The van der Waals surface area contributed by atoms with Crippen molar-refractivity contribution in [3.8, 4) is 0 Å². The fraction of sp³-hybridized carbons (Fsp3) is 0.417. The molecule has 1 aliphatic heterocycles. The molecule has 1 fully saturated rings. The van der Waals surface area contributed by atoms with Gasteiger partial charge in [0.2, 0.25) is 0 Å². The van der Waals surface area contributed by atoms with Gasteiger partial charge < -0.3 is 4.74 Å². The highest BCUT2D eigenvalue weighted by Crippen LogP contribution is 2.19. The van der Waals surface area contributed by atoms with Crippen molar-refractivity contribution in [1.82, 2.24) is 0 Å². The summed E-state index contributed by atoms with van der Waals surface area (Å²) in [4.78, 5) is 10.8. The molecule has 1 aromatic carbocycles. The van der Waals surface area contributed by atoms with Crippen LogP contribution in [0.4, 0.5) is 0 Å². The van der Waals surface area contributed by atoms with Crippen LogP contribution in [0.1, 0.15) is 18.4 Å². The second-order valence-electron chi connectivity index (χ2n) is 3.78. The van der Waals surface area contributed by atoms with E-state index in [0.717, 1.165) is 12.8 Å². The van der Waals surface area contributed by atoms with Crippen LogP contribution < -0.4 is 0 Å². The molecule has 1 aromatic rings. The quantitative estimate of drug-likeness (QED) is 0.668. The lowest BCUT2D eigenvalue weighted by molar-refractivity contribution is -0.149. The van der Waals surface area contributed by atoms with E-state index in [-0.39, 0.29) is 5.97 Å². The van der Waals surface area contributed by atoms with E-state index in [1.807, 2.05) is 18.2 Å². The third kappa shape index (κ3) is 2.34. The Morgan fingerprint density at radius 3 is 2.71 bits per heavy atom. The van der Waals surface area contributed by atoms with E-state index in [1.54, 1.807) is 0 Å². The number of hydrogen-bond acceptors (Lipinski definition) is 2. The highest BCUT2D eigenvalue weighted by molar-refractivity contribution is 5.69. The molecule has 1 atom stereocenters. The molecular weight excluding hydrogens is 176 g/mol. The zero-order valence-electron chi connectivity index (χ0n) is 8.11. The van der Waals surface area contributed by atoms with Crippen molar-refractivity contribution in [3.63, 3.8) is 0 Å². The number of rotatable bonds is 2. The minimum atomic E-state index is -0.0469. The van der Waals surface area contributed by atoms with Gasteiger partial charge in [-0.3, -0.25) is 4.79 Å². The maximum absolute atomic E-state index is 10.8. The molecule has 0 amide bonds. The molecular formula is C12H14O2. The molecule has 0 saturated carbocycles. The van der Waals surface area contributed by atoms with Gasteiger partial charge in [0, 0.05) is 6.42 Å². The summed E-state index contributed by atoms with van der Waals surface area (Å²) in [6.45, 7) is 0.591. The number of carbonyl (C=O) groups excluding carboxylic acids is 1. The van der Waals surface area contributed by atoms with Gasteiger partial charge in [-0.1, -0.05) is 30.3 Å². The van der Waals surface area contributed by atoms with Crippen LogP contribution in [0.15, 0.2) is 30.3 Å². The Hall–Kier alpha value is -1.31. The Labute approximate surface area is 83.9 Å². The van der Waals surface area contributed by atoms with E-state index >= 15 is 0 Å². The van der Waals surface area contributed by atoms with Gasteiger partial charge in [-0.05, 0) is 24.3 Å². The normalized spacial score (nSPS) is 21.7. The number of cyclic esters (lactones) is 1. The average Bonchev–Trinajstić information content (AvgIpc) is 2.23. The molecule has 0 spiro atoms. The SMILES string of the molecule is O=C1CC[C@@H](Cc2ccccc2)CO1. The van der Waals surface area contributed by atoms with Crippen LogP contribution in [-0.4, -0.2) is 12.6 Å². The van der Waals surface area contributed by atoms with Gasteiger partial charge in [0.25, 0.3) is 0 Å². The summed E-state index contributed by atoms with van der Waals surface area (Å²) in [5.41, 5.74) is 1.33. The molecule has 0 bridgehead atoms. The Balaban J connectivity index is 1.89. The molecule has 0 aliphatic carbocycles. The summed E-state index contributed by atoms with van der Waals surface area (Å²) in [5.74, 6) is 0.462. The summed E-state index contributed by atoms with van der Waals surface area (Å²) in [7, 11) is 0. The molecule has 0 radical (unpaired) electrons. The van der Waals surface area contributed by atoms with E-state index in [1.165, 1.54) is 5.56 Å². The summed E-state index contributed by atoms with van der Waals surface area (Å²) < 4.78 is 5.02. The number of ether oxygens (including phenoxy) is 1. The van der Waals surface area contributed by atoms with Crippen molar-refractivity contribution < 1.29 is 9.53 Å². The Morgan fingerprint density at radius 1 is 1.29 bits per heavy atom. The molecule has 1 heterocycles. The van der Waals surface area contributed by atoms with E-state index in [0.29, 0.717) is 18.9 Å². The Bertz CT molecular complexity index is 295. The Kier molecular flexibility index (Phi) is 2.82. The molecule has 0 N–H and O–H groups in total. The first-order chi connectivity index (χ1) is 6.84. The molecule has 2 rings (SSSR count). The van der Waals surface area contributed by atoms with Crippen molar-refractivity contribution in [1.29, 1.82) is 0 Å². The first kappa shape index (κ1) is 9.25. The second-order valence-corrected chi connectivity index (χ2v) is 3.78. The Morgan fingerprint density at radius 2 is 2.07 bits per heavy atom. The zero-order valence-corrected chi connectivity index (χ0v) is 8.11. The molecule has 2 nitrogen and oxygen atoms in total. The van der Waals surface area contributed by atoms with E-state index < -0.39 is 0 Å². The van der Waals surface area contributed by atoms with Gasteiger partial charge in [0.05, 0.1) is 6.61 Å². The topological polar surface area (TPSA) is 26.3 Å². The monoisotopic (exact) mass is 190 g/mol. The fourth-order valence-corrected chi connectivity index (χ4v) is 1.80. The van der Waals surface area contributed by atoms with Crippen LogP contribution in [0.25, 0.3) is 0 Å². The van der Waals surface area contributed by atoms with Crippen molar-refractivity contribution in [2.75, 3.05) is 6.61 Å². The lowest BCUT2D eigenvalue weighted by Crippen LogP contribution is -2.23. The molecule has 1 saturated heterocycles. The lowest BCUT2D eigenvalue weighted by Gasteiger charge is -2.21. The molecule has 1 aliphatic rings. The number of esters is 1. The highest BCUT2D eigenvalue weighted by Gasteiger charge is 2.19. The van der Waals surface area contributed by atoms with Crippen LogP contribution in [-0.2, 0) is 16.0 Å². The maximum Gasteiger partial charge on any atom is 0.305 e. The van der Waals surface area contributed by atoms with E-state index in [2.05, 4.69) is 12.1 Å². The van der Waals surface area contributed by atoms with Crippen LogP contribution in [0, 0.1) is 5.92 Å². The smallest absolute Gasteiger partial charge is 0.305 e. The van der Waals surface area contributed by atoms with Gasteiger partial charge in [0.15, 0.2) is 0 Å². The molecule has 74 valence electrons. The standard InChI is InChI=1S/C12H14O2/c13-12-7-6-11(9-14-12)8-10-4-2-1-3-5-10/h1-5,11H,6-9H2/t11-/m0/s1. The summed E-state index contributed by atoms with van der Waals surface area (Å²) in [6.07, 6.45) is 2.57. The van der Waals surface area contributed by atoms with Crippen LogP contribution >= 0.6 is 0 Å². The largest absolute Gasteiger partial charge is 0.465 e. The number of benzene rings is 1. The van der Waals surface area contributed by atoms with Gasteiger partial charge in [-0.2, -0.15) is 0 Å². The van der Waals surface area contributed by atoms with E-state index in [4.69, 9.17) is 4.74 Å². The second kappa shape index (κ2) is 4.27. The minimum absolute atomic E-state index is 0.0469. The van der Waals surface area contributed by atoms with Crippen LogP contribution in [0.3, 0.4) is 0 Å². The van der Waals surface area contributed by atoms with Crippen molar-refractivity contribution >= 4 is 5.97 Å². The summed E-state index contributed by atoms with van der Waals surface area (Å²) >= 11 is 0. The van der Waals surface area contributed by atoms with E-state index in [9.17, 15) is 4.79 Å². The molecule has 2 heteroatoms. The van der Waals surface area contributed by atoms with Crippen molar-refractivity contribution in [2.45, 2.75) is 19.3 Å². The van der Waals surface area contributed by atoms with Gasteiger partial charge in [-0.15, -0.1) is 0 Å². The zero-order chi connectivity index (χ0) is 9.80. The minimum Gasteiger partial charge on any atom is -0.465 e. The van der Waals surface area contributed by atoms with Gasteiger partial charge in [0.1, 0.15) is 0 Å². The average molecular weight is 190 g/mol. The fourth-order valence-electron chi connectivity index (χ4n) is 1.80. The van der Waals surface area contributed by atoms with Crippen molar-refractivity contribution in [3.05, 3.63) is 35.9 Å². The predicted octanol–water partition coefficient (Wildman–Crippen LogP) is 2.18. The predicted molar refractivity (Wildman–Crippen MR) is 53.8 cm³/mol. The number of carbonyl (C=O) groups is 1. The maximum atomic E-state index is 10.8. The highest BCUT2D eigenvalue weighted by atomic mass is 16.5. The first-order valence-electron chi connectivity index (χ1n) is 5.04. The first-order valence-corrected chi connectivity index (χ1v) is 5.04.